The molecule has 1 aliphatic rings. The highest BCUT2D eigenvalue weighted by Crippen LogP contribution is 2.12. The molecule has 0 spiro atoms. The van der Waals surface area contributed by atoms with Crippen LogP contribution in [0.25, 0.3) is 0 Å². The molecule has 0 saturated carbocycles. The van der Waals surface area contributed by atoms with Crippen LogP contribution in [0.5, 0.6) is 0 Å². The van der Waals surface area contributed by atoms with Gasteiger partial charge in [0, 0.05) is 31.7 Å². The number of hydrogen-bond acceptors (Lipinski definition) is 5. The molecule has 7 heteroatoms. The van der Waals surface area contributed by atoms with Crippen LogP contribution in [0.15, 0.2) is 12.1 Å². The molecule has 21 heavy (non-hydrogen) atoms. The molecule has 1 N–H and O–H groups in total. The fraction of sp³-hybridized carbons (Fsp3) is 0.571. The number of piperazine rings is 1. The Balaban J connectivity index is 1.99. The third-order valence-corrected chi connectivity index (χ3v) is 3.16. The van der Waals surface area contributed by atoms with E-state index in [9.17, 15) is 9.59 Å². The van der Waals surface area contributed by atoms with Gasteiger partial charge < -0.3 is 15.1 Å². The summed E-state index contributed by atoms with van der Waals surface area (Å²) in [5.74, 6) is 0.500. The maximum atomic E-state index is 12.0. The van der Waals surface area contributed by atoms with E-state index in [0.717, 1.165) is 25.3 Å². The first-order valence-corrected chi connectivity index (χ1v) is 6.99. The van der Waals surface area contributed by atoms with Crippen LogP contribution in [0.3, 0.4) is 0 Å². The summed E-state index contributed by atoms with van der Waals surface area (Å²) in [4.78, 5) is 26.4. The molecular formula is C14H21N5O2. The number of nitrogens with one attached hydrogen (secondary N) is 1. The summed E-state index contributed by atoms with van der Waals surface area (Å²) >= 11 is 0. The Hall–Kier alpha value is -2.18. The molecule has 2 rings (SSSR count). The molecule has 1 aromatic heterocycles. The lowest BCUT2D eigenvalue weighted by Gasteiger charge is -2.32. The minimum absolute atomic E-state index is 0.229. The van der Waals surface area contributed by atoms with Gasteiger partial charge in [0.25, 0.3) is 5.91 Å². The zero-order chi connectivity index (χ0) is 15.5. The lowest BCUT2D eigenvalue weighted by atomic mass is 10.1. The van der Waals surface area contributed by atoms with E-state index in [-0.39, 0.29) is 11.4 Å². The van der Waals surface area contributed by atoms with E-state index in [1.807, 2.05) is 20.8 Å². The van der Waals surface area contributed by atoms with Gasteiger partial charge in [0.05, 0.1) is 0 Å². The third kappa shape index (κ3) is 4.14. The van der Waals surface area contributed by atoms with E-state index < -0.39 is 0 Å². The van der Waals surface area contributed by atoms with Crippen molar-refractivity contribution in [3.63, 3.8) is 0 Å². The van der Waals surface area contributed by atoms with Gasteiger partial charge in [0.15, 0.2) is 11.5 Å². The first-order chi connectivity index (χ1) is 9.89. The van der Waals surface area contributed by atoms with Crippen LogP contribution >= 0.6 is 0 Å². The Labute approximate surface area is 124 Å². The summed E-state index contributed by atoms with van der Waals surface area (Å²) in [7, 11) is 0. The molecule has 2 heterocycles. The van der Waals surface area contributed by atoms with Crippen molar-refractivity contribution in [1.29, 1.82) is 0 Å². The van der Waals surface area contributed by atoms with Crippen LogP contribution in [0, 0.1) is 0 Å². The average Bonchev–Trinajstić information content (AvgIpc) is 2.46. The summed E-state index contributed by atoms with van der Waals surface area (Å²) in [5, 5.41) is 11.0. The summed E-state index contributed by atoms with van der Waals surface area (Å²) < 4.78 is 0. The zero-order valence-electron chi connectivity index (χ0n) is 12.7. The molecule has 0 aliphatic carbocycles. The van der Waals surface area contributed by atoms with Gasteiger partial charge in [0.1, 0.15) is 0 Å². The molecule has 0 atom stereocenters. The standard InChI is InChI=1S/C14H21N5O2/c1-14(2,3)15-13(21)11-4-5-12(17-16-11)19-8-6-18(10-20)7-9-19/h4-5,10H,6-9H2,1-3H3,(H,15,21). The van der Waals surface area contributed by atoms with Gasteiger partial charge in [-0.25, -0.2) is 0 Å². The minimum atomic E-state index is -0.303. The monoisotopic (exact) mass is 291 g/mol. The van der Waals surface area contributed by atoms with E-state index in [2.05, 4.69) is 20.4 Å². The van der Waals surface area contributed by atoms with Crippen LogP contribution in [0.1, 0.15) is 31.3 Å². The van der Waals surface area contributed by atoms with Gasteiger partial charge in [-0.2, -0.15) is 0 Å². The Morgan fingerprint density at radius 3 is 2.33 bits per heavy atom. The molecule has 0 bridgehead atoms. The second-order valence-electron chi connectivity index (χ2n) is 6.11. The highest BCUT2D eigenvalue weighted by molar-refractivity contribution is 5.92. The maximum Gasteiger partial charge on any atom is 0.272 e. The Kier molecular flexibility index (Phi) is 4.40. The number of carbonyl (C=O) groups excluding carboxylic acids is 2. The molecule has 7 nitrogen and oxygen atoms in total. The van der Waals surface area contributed by atoms with Crippen LogP contribution in [-0.4, -0.2) is 59.1 Å². The maximum absolute atomic E-state index is 12.0. The first kappa shape index (κ1) is 15.2. The molecule has 1 fully saturated rings. The molecule has 0 unspecified atom stereocenters. The van der Waals surface area contributed by atoms with Crippen molar-refractivity contribution in [3.8, 4) is 0 Å². The van der Waals surface area contributed by atoms with Crippen molar-refractivity contribution < 1.29 is 9.59 Å². The molecular weight excluding hydrogens is 270 g/mol. The van der Waals surface area contributed by atoms with Gasteiger partial charge in [-0.3, -0.25) is 9.59 Å². The van der Waals surface area contributed by atoms with E-state index >= 15 is 0 Å². The lowest BCUT2D eigenvalue weighted by Crippen LogP contribution is -2.46. The molecule has 114 valence electrons. The summed E-state index contributed by atoms with van der Waals surface area (Å²) in [6.45, 7) is 8.55. The molecule has 1 aliphatic heterocycles. The van der Waals surface area contributed by atoms with Crippen molar-refractivity contribution in [1.82, 2.24) is 20.4 Å². The van der Waals surface area contributed by atoms with Gasteiger partial charge in [-0.1, -0.05) is 0 Å². The normalized spacial score (nSPS) is 15.8. The van der Waals surface area contributed by atoms with Crippen LogP contribution in [0.2, 0.25) is 0 Å². The van der Waals surface area contributed by atoms with Crippen LogP contribution < -0.4 is 10.2 Å². The molecule has 0 aromatic carbocycles. The van der Waals surface area contributed by atoms with E-state index in [0.29, 0.717) is 18.8 Å². The number of carbonyl (C=O) groups is 2. The topological polar surface area (TPSA) is 78.4 Å². The predicted octanol–water partition coefficient (Wildman–Crippen LogP) is 0.283. The number of anilines is 1. The van der Waals surface area contributed by atoms with E-state index in [1.165, 1.54) is 0 Å². The van der Waals surface area contributed by atoms with Crippen molar-refractivity contribution in [2.75, 3.05) is 31.1 Å². The van der Waals surface area contributed by atoms with Gasteiger partial charge in [-0.15, -0.1) is 10.2 Å². The number of nitrogens with zero attached hydrogens (tertiary/aromatic N) is 4. The SMILES string of the molecule is CC(C)(C)NC(=O)c1ccc(N2CCN(C=O)CC2)nn1. The number of hydrogen-bond donors (Lipinski definition) is 1. The largest absolute Gasteiger partial charge is 0.352 e. The second kappa shape index (κ2) is 6.07. The Bertz CT molecular complexity index is 501. The smallest absolute Gasteiger partial charge is 0.272 e. The summed E-state index contributed by atoms with van der Waals surface area (Å²) in [5.41, 5.74) is 0.00276. The first-order valence-electron chi connectivity index (χ1n) is 6.99. The quantitative estimate of drug-likeness (QED) is 0.810. The van der Waals surface area contributed by atoms with Crippen molar-refractivity contribution >= 4 is 18.1 Å². The van der Waals surface area contributed by atoms with Gasteiger partial charge in [-0.05, 0) is 32.9 Å². The van der Waals surface area contributed by atoms with Crippen molar-refractivity contribution in [2.45, 2.75) is 26.3 Å². The summed E-state index contributed by atoms with van der Waals surface area (Å²) in [6.07, 6.45) is 0.864. The van der Waals surface area contributed by atoms with Crippen LogP contribution in [-0.2, 0) is 4.79 Å². The Morgan fingerprint density at radius 1 is 1.19 bits per heavy atom. The Morgan fingerprint density at radius 2 is 1.86 bits per heavy atom. The molecule has 1 saturated heterocycles. The summed E-state index contributed by atoms with van der Waals surface area (Å²) in [6, 6.07) is 3.47. The number of aromatic nitrogens is 2. The van der Waals surface area contributed by atoms with Crippen LogP contribution in [0.4, 0.5) is 5.82 Å². The fourth-order valence-electron chi connectivity index (χ4n) is 2.08. The zero-order valence-corrected chi connectivity index (χ0v) is 12.7. The third-order valence-electron chi connectivity index (χ3n) is 3.16. The lowest BCUT2D eigenvalue weighted by molar-refractivity contribution is -0.118. The number of amides is 2. The fourth-order valence-corrected chi connectivity index (χ4v) is 2.08. The molecule has 1 aromatic rings. The van der Waals surface area contributed by atoms with Crippen molar-refractivity contribution in [3.05, 3.63) is 17.8 Å². The van der Waals surface area contributed by atoms with Gasteiger partial charge in [0.2, 0.25) is 6.41 Å². The molecule has 0 radical (unpaired) electrons. The van der Waals surface area contributed by atoms with E-state index in [4.69, 9.17) is 0 Å². The van der Waals surface area contributed by atoms with Gasteiger partial charge >= 0.3 is 0 Å². The van der Waals surface area contributed by atoms with E-state index in [1.54, 1.807) is 17.0 Å². The highest BCUT2D eigenvalue weighted by Gasteiger charge is 2.19. The average molecular weight is 291 g/mol. The predicted molar refractivity (Wildman–Crippen MR) is 79.1 cm³/mol. The minimum Gasteiger partial charge on any atom is -0.352 e. The number of rotatable bonds is 3. The van der Waals surface area contributed by atoms with Crippen molar-refractivity contribution in [2.24, 2.45) is 0 Å². The molecule has 2 amide bonds. The highest BCUT2D eigenvalue weighted by atomic mass is 16.2. The second-order valence-corrected chi connectivity index (χ2v) is 6.11.